The number of carbonyl (C=O) groups excluding carboxylic acids is 1. The Hall–Kier alpha value is -1.39. The standard InChI is InChI=1S/C16H26N2O2/c1-3-16(4-2,12-19)11-18-15(20)14(17)10-13-8-6-5-7-9-13/h5-9,14,19H,3-4,10-12,17H2,1-2H3,(H,18,20). The van der Waals surface area contributed by atoms with Crippen LogP contribution < -0.4 is 11.1 Å². The molecule has 0 fully saturated rings. The number of nitrogens with one attached hydrogen (secondary N) is 1. The summed E-state index contributed by atoms with van der Waals surface area (Å²) in [5.74, 6) is -0.159. The number of hydrogen-bond donors (Lipinski definition) is 3. The Labute approximate surface area is 121 Å². The maximum absolute atomic E-state index is 12.0. The summed E-state index contributed by atoms with van der Waals surface area (Å²) in [7, 11) is 0. The van der Waals surface area contributed by atoms with Crippen LogP contribution in [0.15, 0.2) is 30.3 Å². The van der Waals surface area contributed by atoms with Crippen LogP contribution in [0.25, 0.3) is 0 Å². The molecule has 0 saturated carbocycles. The smallest absolute Gasteiger partial charge is 0.237 e. The molecule has 1 aromatic rings. The lowest BCUT2D eigenvalue weighted by Crippen LogP contribution is -2.47. The van der Waals surface area contributed by atoms with Gasteiger partial charge < -0.3 is 16.2 Å². The average Bonchev–Trinajstić information content (AvgIpc) is 2.50. The van der Waals surface area contributed by atoms with Crippen LogP contribution in [0.5, 0.6) is 0 Å². The molecule has 1 rings (SSSR count). The number of aliphatic hydroxyl groups excluding tert-OH is 1. The molecule has 0 heterocycles. The van der Waals surface area contributed by atoms with Gasteiger partial charge in [0.05, 0.1) is 12.6 Å². The summed E-state index contributed by atoms with van der Waals surface area (Å²) >= 11 is 0. The quantitative estimate of drug-likeness (QED) is 0.674. The molecular weight excluding hydrogens is 252 g/mol. The van der Waals surface area contributed by atoms with Crippen molar-refractivity contribution in [3.8, 4) is 0 Å². The molecule has 0 aromatic heterocycles. The first-order valence-electron chi connectivity index (χ1n) is 7.25. The molecular formula is C16H26N2O2. The summed E-state index contributed by atoms with van der Waals surface area (Å²) < 4.78 is 0. The van der Waals surface area contributed by atoms with Crippen molar-refractivity contribution in [1.82, 2.24) is 5.32 Å². The number of carbonyl (C=O) groups is 1. The molecule has 0 aliphatic heterocycles. The summed E-state index contributed by atoms with van der Waals surface area (Å²) in [5, 5.41) is 12.4. The van der Waals surface area contributed by atoms with E-state index in [1.165, 1.54) is 0 Å². The third-order valence-corrected chi connectivity index (χ3v) is 4.11. The predicted octanol–water partition coefficient (Wildman–Crippen LogP) is 1.47. The minimum Gasteiger partial charge on any atom is -0.396 e. The largest absolute Gasteiger partial charge is 0.396 e. The molecule has 1 atom stereocenters. The summed E-state index contributed by atoms with van der Waals surface area (Å²) in [6, 6.07) is 9.18. The number of benzene rings is 1. The number of rotatable bonds is 8. The van der Waals surface area contributed by atoms with E-state index in [4.69, 9.17) is 5.73 Å². The molecule has 0 bridgehead atoms. The zero-order valence-corrected chi connectivity index (χ0v) is 12.4. The normalized spacial score (nSPS) is 13.0. The lowest BCUT2D eigenvalue weighted by atomic mass is 9.83. The maximum atomic E-state index is 12.0. The van der Waals surface area contributed by atoms with Crippen molar-refractivity contribution in [2.45, 2.75) is 39.2 Å². The topological polar surface area (TPSA) is 75.3 Å². The zero-order valence-electron chi connectivity index (χ0n) is 12.4. The molecule has 4 heteroatoms. The molecule has 4 nitrogen and oxygen atoms in total. The van der Waals surface area contributed by atoms with E-state index in [0.717, 1.165) is 18.4 Å². The summed E-state index contributed by atoms with van der Waals surface area (Å²) in [6.45, 7) is 4.59. The van der Waals surface area contributed by atoms with E-state index in [2.05, 4.69) is 5.32 Å². The Balaban J connectivity index is 2.50. The van der Waals surface area contributed by atoms with Crippen LogP contribution in [-0.2, 0) is 11.2 Å². The Morgan fingerprint density at radius 1 is 1.30 bits per heavy atom. The van der Waals surface area contributed by atoms with Gasteiger partial charge in [0.25, 0.3) is 0 Å². The second-order valence-electron chi connectivity index (χ2n) is 5.38. The van der Waals surface area contributed by atoms with Gasteiger partial charge in [0.15, 0.2) is 0 Å². The summed E-state index contributed by atoms with van der Waals surface area (Å²) in [5.41, 5.74) is 6.74. The van der Waals surface area contributed by atoms with Crippen LogP contribution in [0.3, 0.4) is 0 Å². The Morgan fingerprint density at radius 2 is 1.90 bits per heavy atom. The fraction of sp³-hybridized carbons (Fsp3) is 0.562. The van der Waals surface area contributed by atoms with Crippen LogP contribution in [0.1, 0.15) is 32.3 Å². The van der Waals surface area contributed by atoms with Crippen molar-refractivity contribution in [3.63, 3.8) is 0 Å². The van der Waals surface area contributed by atoms with Gasteiger partial charge in [-0.1, -0.05) is 44.2 Å². The van der Waals surface area contributed by atoms with Gasteiger partial charge in [-0.15, -0.1) is 0 Å². The van der Waals surface area contributed by atoms with E-state index < -0.39 is 6.04 Å². The van der Waals surface area contributed by atoms with E-state index in [-0.39, 0.29) is 17.9 Å². The highest BCUT2D eigenvalue weighted by atomic mass is 16.3. The van der Waals surface area contributed by atoms with Crippen molar-refractivity contribution < 1.29 is 9.90 Å². The van der Waals surface area contributed by atoms with Crippen LogP contribution in [0.4, 0.5) is 0 Å². The zero-order chi connectivity index (χ0) is 15.0. The minimum absolute atomic E-state index is 0.0776. The number of nitrogens with two attached hydrogens (primary N) is 1. The number of amides is 1. The molecule has 1 unspecified atom stereocenters. The third-order valence-electron chi connectivity index (χ3n) is 4.11. The van der Waals surface area contributed by atoms with Gasteiger partial charge in [0, 0.05) is 12.0 Å². The fourth-order valence-corrected chi connectivity index (χ4v) is 2.15. The van der Waals surface area contributed by atoms with Gasteiger partial charge in [0.2, 0.25) is 5.91 Å². The van der Waals surface area contributed by atoms with Gasteiger partial charge in [-0.3, -0.25) is 4.79 Å². The first kappa shape index (κ1) is 16.7. The molecule has 1 aromatic carbocycles. The van der Waals surface area contributed by atoms with Crippen LogP contribution >= 0.6 is 0 Å². The highest BCUT2D eigenvalue weighted by Crippen LogP contribution is 2.24. The highest BCUT2D eigenvalue weighted by Gasteiger charge is 2.26. The van der Waals surface area contributed by atoms with E-state index >= 15 is 0 Å². The van der Waals surface area contributed by atoms with Crippen molar-refractivity contribution in [1.29, 1.82) is 0 Å². The van der Waals surface area contributed by atoms with Crippen molar-refractivity contribution >= 4 is 5.91 Å². The van der Waals surface area contributed by atoms with Gasteiger partial charge in [0.1, 0.15) is 0 Å². The van der Waals surface area contributed by atoms with Crippen LogP contribution in [-0.4, -0.2) is 30.2 Å². The van der Waals surface area contributed by atoms with Crippen molar-refractivity contribution in [3.05, 3.63) is 35.9 Å². The second kappa shape index (κ2) is 8.02. The molecule has 0 saturated heterocycles. The minimum atomic E-state index is -0.553. The van der Waals surface area contributed by atoms with E-state index in [1.807, 2.05) is 44.2 Å². The van der Waals surface area contributed by atoms with E-state index in [9.17, 15) is 9.90 Å². The SMILES string of the molecule is CCC(CC)(CO)CNC(=O)C(N)Cc1ccccc1. The molecule has 0 spiro atoms. The molecule has 0 radical (unpaired) electrons. The van der Waals surface area contributed by atoms with Gasteiger partial charge in [-0.05, 0) is 24.8 Å². The second-order valence-corrected chi connectivity index (χ2v) is 5.38. The summed E-state index contributed by atoms with van der Waals surface area (Å²) in [4.78, 5) is 12.0. The van der Waals surface area contributed by atoms with Gasteiger partial charge in [-0.2, -0.15) is 0 Å². The Bertz CT molecular complexity index is 394. The molecule has 0 aliphatic carbocycles. The highest BCUT2D eigenvalue weighted by molar-refractivity contribution is 5.81. The molecule has 1 amide bonds. The molecule has 0 aliphatic rings. The van der Waals surface area contributed by atoms with Crippen molar-refractivity contribution in [2.24, 2.45) is 11.1 Å². The lowest BCUT2D eigenvalue weighted by Gasteiger charge is -2.30. The lowest BCUT2D eigenvalue weighted by molar-refractivity contribution is -0.123. The molecule has 112 valence electrons. The number of hydrogen-bond acceptors (Lipinski definition) is 3. The first-order chi connectivity index (χ1) is 9.56. The number of aliphatic hydroxyl groups is 1. The average molecular weight is 278 g/mol. The third kappa shape index (κ3) is 4.62. The van der Waals surface area contributed by atoms with Crippen LogP contribution in [0.2, 0.25) is 0 Å². The predicted molar refractivity (Wildman–Crippen MR) is 81.2 cm³/mol. The molecule has 4 N–H and O–H groups in total. The Morgan fingerprint density at radius 3 is 2.40 bits per heavy atom. The first-order valence-corrected chi connectivity index (χ1v) is 7.25. The maximum Gasteiger partial charge on any atom is 0.237 e. The van der Waals surface area contributed by atoms with Crippen LogP contribution in [0, 0.1) is 5.41 Å². The summed E-state index contributed by atoms with van der Waals surface area (Å²) in [6.07, 6.45) is 2.18. The van der Waals surface area contributed by atoms with E-state index in [0.29, 0.717) is 13.0 Å². The van der Waals surface area contributed by atoms with Gasteiger partial charge >= 0.3 is 0 Å². The van der Waals surface area contributed by atoms with Crippen molar-refractivity contribution in [2.75, 3.05) is 13.2 Å². The monoisotopic (exact) mass is 278 g/mol. The van der Waals surface area contributed by atoms with Gasteiger partial charge in [-0.25, -0.2) is 0 Å². The molecule has 20 heavy (non-hydrogen) atoms. The van der Waals surface area contributed by atoms with E-state index in [1.54, 1.807) is 0 Å². The Kier molecular flexibility index (Phi) is 6.68. The fourth-order valence-electron chi connectivity index (χ4n) is 2.15.